The molecule has 0 amide bonds. The third kappa shape index (κ3) is 4.98. The second-order valence-electron chi connectivity index (χ2n) is 6.09. The largest absolute Gasteiger partial charge is 0.382 e. The molecule has 2 aromatic heterocycles. The van der Waals surface area contributed by atoms with Crippen LogP contribution in [0.25, 0.3) is 11.2 Å². The Morgan fingerprint density at radius 2 is 2.30 bits per heavy atom. The predicted octanol–water partition coefficient (Wildman–Crippen LogP) is 2.64. The van der Waals surface area contributed by atoms with Gasteiger partial charge in [0.2, 0.25) is 0 Å². The molecule has 1 fully saturated rings. The third-order valence-electron chi connectivity index (χ3n) is 4.15. The number of ether oxygens (including phenoxy) is 1. The number of hydrogen-bond acceptors (Lipinski definition) is 9. The summed E-state index contributed by atoms with van der Waals surface area (Å²) in [4.78, 5) is 22.5. The molecule has 1 aliphatic rings. The first-order valence-corrected chi connectivity index (χ1v) is 13.1. The lowest BCUT2D eigenvalue weighted by atomic mass is 10.2. The van der Waals surface area contributed by atoms with Crippen LogP contribution < -0.4 is 5.73 Å². The fourth-order valence-corrected chi connectivity index (χ4v) is 6.38. The molecule has 1 aliphatic heterocycles. The van der Waals surface area contributed by atoms with E-state index >= 15 is 0 Å². The van der Waals surface area contributed by atoms with Gasteiger partial charge in [-0.25, -0.2) is 15.0 Å². The molecule has 0 spiro atoms. The van der Waals surface area contributed by atoms with E-state index in [4.69, 9.17) is 15.0 Å². The Bertz CT molecular complexity index is 853. The number of nitrogens with two attached hydrogens (primary N) is 1. The van der Waals surface area contributed by atoms with Gasteiger partial charge in [0.15, 0.2) is 16.6 Å². The smallest absolute Gasteiger partial charge is 0.334 e. The minimum Gasteiger partial charge on any atom is -0.382 e. The molecule has 150 valence electrons. The molecule has 0 radical (unpaired) electrons. The van der Waals surface area contributed by atoms with E-state index in [0.29, 0.717) is 28.7 Å². The molecule has 3 heterocycles. The number of anilines is 1. The zero-order valence-electron chi connectivity index (χ0n) is 15.3. The molecule has 3 N–H and O–H groups in total. The zero-order chi connectivity index (χ0) is 19.6. The van der Waals surface area contributed by atoms with Crippen LogP contribution >= 0.6 is 27.5 Å². The van der Waals surface area contributed by atoms with Gasteiger partial charge in [-0.05, 0) is 25.8 Å². The summed E-state index contributed by atoms with van der Waals surface area (Å²) in [6.45, 7) is 2.17. The van der Waals surface area contributed by atoms with Gasteiger partial charge in [0.05, 0.1) is 24.9 Å². The third-order valence-corrected chi connectivity index (χ3v) is 8.88. The van der Waals surface area contributed by atoms with Crippen molar-refractivity contribution in [2.45, 2.75) is 30.3 Å². The van der Waals surface area contributed by atoms with Gasteiger partial charge in [-0.2, -0.15) is 0 Å². The molecule has 0 aromatic carbocycles. The maximum Gasteiger partial charge on any atom is 0.334 e. The fourth-order valence-electron chi connectivity index (χ4n) is 2.79. The zero-order valence-corrected chi connectivity index (χ0v) is 17.9. The molecule has 3 rings (SSSR count). The van der Waals surface area contributed by atoms with Crippen LogP contribution in [0.5, 0.6) is 0 Å². The molecule has 27 heavy (non-hydrogen) atoms. The maximum atomic E-state index is 11.6. The van der Waals surface area contributed by atoms with Gasteiger partial charge in [0.25, 0.3) is 0 Å². The van der Waals surface area contributed by atoms with Crippen LogP contribution in [-0.2, 0) is 18.3 Å². The van der Waals surface area contributed by atoms with Crippen molar-refractivity contribution >= 4 is 44.5 Å². The van der Waals surface area contributed by atoms with Crippen LogP contribution in [0.4, 0.5) is 5.82 Å². The number of aromatic nitrogens is 4. The van der Waals surface area contributed by atoms with Crippen molar-refractivity contribution in [2.75, 3.05) is 38.3 Å². The Labute approximate surface area is 162 Å². The van der Waals surface area contributed by atoms with Gasteiger partial charge in [-0.15, -0.1) is 0 Å². The summed E-state index contributed by atoms with van der Waals surface area (Å²) in [6.07, 6.45) is 4.84. The van der Waals surface area contributed by atoms with Crippen molar-refractivity contribution in [3.63, 3.8) is 0 Å². The van der Waals surface area contributed by atoms with E-state index in [0.717, 1.165) is 12.8 Å². The van der Waals surface area contributed by atoms with Crippen LogP contribution in [0.3, 0.4) is 0 Å². The SMILES string of the molecule is COP(=O)(O)CP(C)OCC1CCC(n2cnc3c(N)nc(SC)nc32)O1. The van der Waals surface area contributed by atoms with Crippen LogP contribution in [0, 0.1) is 0 Å². The van der Waals surface area contributed by atoms with Crippen molar-refractivity contribution in [1.82, 2.24) is 19.5 Å². The quantitative estimate of drug-likeness (QED) is 0.362. The lowest BCUT2D eigenvalue weighted by Crippen LogP contribution is -2.16. The number of rotatable bonds is 8. The van der Waals surface area contributed by atoms with E-state index in [-0.39, 0.29) is 18.2 Å². The topological polar surface area (TPSA) is 135 Å². The summed E-state index contributed by atoms with van der Waals surface area (Å²) in [6, 6.07) is 0. The highest BCUT2D eigenvalue weighted by molar-refractivity contribution is 7.98. The molecule has 0 aliphatic carbocycles. The normalized spacial score (nSPS) is 23.6. The second-order valence-corrected chi connectivity index (χ2v) is 11.2. The van der Waals surface area contributed by atoms with Crippen molar-refractivity contribution in [2.24, 2.45) is 0 Å². The summed E-state index contributed by atoms with van der Waals surface area (Å²) in [7, 11) is -3.40. The number of hydrogen-bond donors (Lipinski definition) is 2. The summed E-state index contributed by atoms with van der Waals surface area (Å²) < 4.78 is 29.9. The molecule has 10 nitrogen and oxygen atoms in total. The lowest BCUT2D eigenvalue weighted by molar-refractivity contribution is -0.0141. The van der Waals surface area contributed by atoms with E-state index in [1.54, 1.807) is 13.0 Å². The lowest BCUT2D eigenvalue weighted by Gasteiger charge is -2.19. The van der Waals surface area contributed by atoms with Gasteiger partial charge >= 0.3 is 7.60 Å². The average molecular weight is 435 g/mol. The predicted molar refractivity (Wildman–Crippen MR) is 105 cm³/mol. The molecule has 4 atom stereocenters. The number of fused-ring (bicyclic) bond motifs is 1. The van der Waals surface area contributed by atoms with Crippen molar-refractivity contribution in [1.29, 1.82) is 0 Å². The van der Waals surface area contributed by atoms with E-state index in [1.807, 2.05) is 10.8 Å². The van der Waals surface area contributed by atoms with Gasteiger partial charge < -0.3 is 24.4 Å². The van der Waals surface area contributed by atoms with Gasteiger partial charge in [-0.1, -0.05) is 11.8 Å². The molecule has 4 unspecified atom stereocenters. The Balaban J connectivity index is 1.62. The Morgan fingerprint density at radius 1 is 1.52 bits per heavy atom. The molecule has 1 saturated heterocycles. The molecular formula is C14H23N5O5P2S. The molecule has 13 heteroatoms. The first-order valence-electron chi connectivity index (χ1n) is 8.24. The summed E-state index contributed by atoms with van der Waals surface area (Å²) in [5, 5.41) is 0.586. The van der Waals surface area contributed by atoms with Crippen molar-refractivity contribution in [3.8, 4) is 0 Å². The Hall–Kier alpha value is -0.800. The standard InChI is InChI=1S/C14H23N5O5P2S/c1-22-26(20,21)8-25(2)23-6-9-4-5-10(24-9)19-7-16-11-12(15)17-14(27-3)18-13(11)19/h7,9-10H,4-6,8H2,1-3H3,(H,20,21)(H2,15,17,18). The summed E-state index contributed by atoms with van der Waals surface area (Å²) >= 11 is 1.42. The first kappa shape index (κ1) is 20.9. The van der Waals surface area contributed by atoms with E-state index in [1.165, 1.54) is 18.9 Å². The van der Waals surface area contributed by atoms with Gasteiger partial charge in [0.1, 0.15) is 11.7 Å². The van der Waals surface area contributed by atoms with Crippen molar-refractivity contribution in [3.05, 3.63) is 6.33 Å². The fraction of sp³-hybridized carbons (Fsp3) is 0.643. The minimum absolute atomic E-state index is 0.00873. The van der Waals surface area contributed by atoms with E-state index < -0.39 is 15.7 Å². The molecular weight excluding hydrogens is 412 g/mol. The van der Waals surface area contributed by atoms with E-state index in [2.05, 4.69) is 19.5 Å². The van der Waals surface area contributed by atoms with Gasteiger partial charge in [-0.3, -0.25) is 9.13 Å². The molecule has 2 aromatic rings. The van der Waals surface area contributed by atoms with Gasteiger partial charge in [0, 0.05) is 15.3 Å². The highest BCUT2D eigenvalue weighted by Crippen LogP contribution is 2.53. The number of imidazole rings is 1. The minimum atomic E-state index is -3.56. The number of nitrogen functional groups attached to an aromatic ring is 1. The Morgan fingerprint density at radius 3 is 3.00 bits per heavy atom. The summed E-state index contributed by atoms with van der Waals surface area (Å²) in [5.74, 6) is 0.360. The van der Waals surface area contributed by atoms with Crippen LogP contribution in [0.1, 0.15) is 19.1 Å². The highest BCUT2D eigenvalue weighted by atomic mass is 32.2. The second kappa shape index (κ2) is 8.69. The number of nitrogens with zero attached hydrogens (tertiary/aromatic N) is 4. The molecule has 0 bridgehead atoms. The maximum absolute atomic E-state index is 11.6. The van der Waals surface area contributed by atoms with Crippen LogP contribution in [-0.4, -0.2) is 63.1 Å². The Kier molecular flexibility index (Phi) is 6.74. The monoisotopic (exact) mass is 435 g/mol. The molecule has 0 saturated carbocycles. The van der Waals surface area contributed by atoms with Crippen molar-refractivity contribution < 1.29 is 23.2 Å². The number of thioether (sulfide) groups is 1. The van der Waals surface area contributed by atoms with Crippen LogP contribution in [0.15, 0.2) is 11.5 Å². The average Bonchev–Trinajstić information content (AvgIpc) is 3.26. The highest BCUT2D eigenvalue weighted by Gasteiger charge is 2.30. The van der Waals surface area contributed by atoms with Crippen LogP contribution in [0.2, 0.25) is 0 Å². The van der Waals surface area contributed by atoms with E-state index in [9.17, 15) is 9.46 Å². The summed E-state index contributed by atoms with van der Waals surface area (Å²) in [5.41, 5.74) is 7.17. The first-order chi connectivity index (χ1) is 12.8.